The topological polar surface area (TPSA) is 91.6 Å². The molecule has 27 heavy (non-hydrogen) atoms. The molecular weight excluding hydrogens is 342 g/mol. The molecule has 7 heteroatoms. The van der Waals surface area contributed by atoms with Gasteiger partial charge in [0.2, 0.25) is 0 Å². The molecule has 1 fully saturated rings. The normalized spacial score (nSPS) is 15.0. The number of rotatable bonds is 5. The minimum Gasteiger partial charge on any atom is -0.508 e. The second-order valence-electron chi connectivity index (χ2n) is 6.97. The summed E-state index contributed by atoms with van der Waals surface area (Å²) in [6.45, 7) is 0.523. The lowest BCUT2D eigenvalue weighted by Gasteiger charge is -2.22. The Balaban J connectivity index is 1.49. The molecule has 0 unspecified atom stereocenters. The molecular formula is C20H23N5O2. The molecule has 0 bridgehead atoms. The summed E-state index contributed by atoms with van der Waals surface area (Å²) in [5, 5.41) is 20.1. The third kappa shape index (κ3) is 4.02. The van der Waals surface area contributed by atoms with Crippen LogP contribution in [-0.2, 0) is 6.54 Å². The second kappa shape index (κ2) is 7.65. The van der Waals surface area contributed by atoms with Crippen LogP contribution in [0.5, 0.6) is 5.75 Å². The number of carbonyl (C=O) groups is 1. The van der Waals surface area contributed by atoms with Crippen LogP contribution in [0.2, 0.25) is 0 Å². The van der Waals surface area contributed by atoms with Gasteiger partial charge in [-0.2, -0.15) is 5.10 Å². The van der Waals surface area contributed by atoms with Crippen LogP contribution in [0.15, 0.2) is 42.7 Å². The van der Waals surface area contributed by atoms with E-state index in [0.717, 1.165) is 18.4 Å². The Morgan fingerprint density at radius 1 is 1.22 bits per heavy atom. The second-order valence-corrected chi connectivity index (χ2v) is 6.97. The van der Waals surface area contributed by atoms with Gasteiger partial charge in [-0.3, -0.25) is 4.79 Å². The molecule has 140 valence electrons. The molecule has 1 aliphatic carbocycles. The number of aromatic hydroxyl groups is 1. The fourth-order valence-corrected chi connectivity index (χ4v) is 3.50. The Morgan fingerprint density at radius 2 is 2.07 bits per heavy atom. The molecule has 3 N–H and O–H groups in total. The van der Waals surface area contributed by atoms with Gasteiger partial charge in [-0.1, -0.05) is 31.4 Å². The number of nitrogens with zero attached hydrogens (tertiary/aromatic N) is 3. The van der Waals surface area contributed by atoms with E-state index in [1.54, 1.807) is 35.1 Å². The van der Waals surface area contributed by atoms with Crippen LogP contribution >= 0.6 is 0 Å². The van der Waals surface area contributed by atoms with Crippen molar-refractivity contribution in [1.82, 2.24) is 19.9 Å². The quantitative estimate of drug-likeness (QED) is 0.646. The number of phenolic OH excluding ortho intramolecular Hbond substituents is 1. The number of amides is 1. The summed E-state index contributed by atoms with van der Waals surface area (Å²) in [6, 6.07) is 9.12. The molecule has 1 aliphatic rings. The van der Waals surface area contributed by atoms with Crippen molar-refractivity contribution < 1.29 is 9.90 Å². The van der Waals surface area contributed by atoms with Crippen molar-refractivity contribution in [2.75, 3.05) is 5.32 Å². The fourth-order valence-electron chi connectivity index (χ4n) is 3.50. The van der Waals surface area contributed by atoms with Crippen LogP contribution in [0.4, 0.5) is 5.82 Å². The number of hydrogen-bond donors (Lipinski definition) is 3. The van der Waals surface area contributed by atoms with Crippen LogP contribution in [0.1, 0.15) is 48.0 Å². The SMILES string of the molecule is O=C(NC1CCCCC1)c1cnn2ccc(NCc3cccc(O)c3)nc12. The van der Waals surface area contributed by atoms with E-state index in [1.807, 2.05) is 12.1 Å². The number of hydrogen-bond acceptors (Lipinski definition) is 5. The average Bonchev–Trinajstić information content (AvgIpc) is 3.10. The number of anilines is 1. The molecule has 3 aromatic rings. The van der Waals surface area contributed by atoms with E-state index in [2.05, 4.69) is 20.7 Å². The van der Waals surface area contributed by atoms with Crippen molar-refractivity contribution in [1.29, 1.82) is 0 Å². The van der Waals surface area contributed by atoms with Gasteiger partial charge in [-0.15, -0.1) is 0 Å². The van der Waals surface area contributed by atoms with Crippen molar-refractivity contribution >= 4 is 17.4 Å². The maximum absolute atomic E-state index is 12.7. The van der Waals surface area contributed by atoms with Gasteiger partial charge in [-0.25, -0.2) is 9.50 Å². The molecule has 0 saturated heterocycles. The summed E-state index contributed by atoms with van der Waals surface area (Å²) in [5.74, 6) is 0.766. The Morgan fingerprint density at radius 3 is 2.89 bits per heavy atom. The zero-order valence-corrected chi connectivity index (χ0v) is 15.1. The Hall–Kier alpha value is -3.09. The molecule has 1 amide bonds. The minimum absolute atomic E-state index is 0.116. The van der Waals surface area contributed by atoms with E-state index in [9.17, 15) is 9.90 Å². The molecule has 0 atom stereocenters. The zero-order chi connectivity index (χ0) is 18.6. The van der Waals surface area contributed by atoms with E-state index in [1.165, 1.54) is 19.3 Å². The van der Waals surface area contributed by atoms with Gasteiger partial charge in [0.1, 0.15) is 17.1 Å². The maximum atomic E-state index is 12.7. The predicted octanol–water partition coefficient (Wildman–Crippen LogP) is 3.11. The van der Waals surface area contributed by atoms with Crippen LogP contribution in [0.3, 0.4) is 0 Å². The van der Waals surface area contributed by atoms with Gasteiger partial charge in [0.05, 0.1) is 6.20 Å². The van der Waals surface area contributed by atoms with Gasteiger partial charge in [0, 0.05) is 18.8 Å². The van der Waals surface area contributed by atoms with Gasteiger partial charge >= 0.3 is 0 Å². The van der Waals surface area contributed by atoms with E-state index in [-0.39, 0.29) is 17.7 Å². The largest absolute Gasteiger partial charge is 0.508 e. The highest BCUT2D eigenvalue weighted by atomic mass is 16.3. The Kier molecular flexibility index (Phi) is 4.91. The number of phenols is 1. The van der Waals surface area contributed by atoms with Crippen molar-refractivity contribution in [3.05, 3.63) is 53.9 Å². The summed E-state index contributed by atoms with van der Waals surface area (Å²) in [7, 11) is 0. The highest BCUT2D eigenvalue weighted by molar-refractivity contribution is 5.99. The van der Waals surface area contributed by atoms with Crippen molar-refractivity contribution in [3.8, 4) is 5.75 Å². The van der Waals surface area contributed by atoms with Gasteiger partial charge < -0.3 is 15.7 Å². The molecule has 7 nitrogen and oxygen atoms in total. The van der Waals surface area contributed by atoms with E-state index in [0.29, 0.717) is 23.6 Å². The molecule has 0 spiro atoms. The summed E-state index contributed by atoms with van der Waals surface area (Å²) >= 11 is 0. The standard InChI is InChI=1S/C20H23N5O2/c26-16-8-4-5-14(11-16)12-21-18-9-10-25-19(24-18)17(13-22-25)20(27)23-15-6-2-1-3-7-15/h4-5,8-11,13,15,26H,1-3,6-7,12H2,(H,21,24)(H,23,27). The van der Waals surface area contributed by atoms with Crippen LogP contribution < -0.4 is 10.6 Å². The zero-order valence-electron chi connectivity index (χ0n) is 15.1. The summed E-state index contributed by atoms with van der Waals surface area (Å²) in [4.78, 5) is 17.2. The highest BCUT2D eigenvalue weighted by Gasteiger charge is 2.20. The highest BCUT2D eigenvalue weighted by Crippen LogP contribution is 2.19. The lowest BCUT2D eigenvalue weighted by Crippen LogP contribution is -2.36. The molecule has 0 radical (unpaired) electrons. The Bertz CT molecular complexity index is 946. The lowest BCUT2D eigenvalue weighted by molar-refractivity contribution is 0.0929. The average molecular weight is 365 g/mol. The molecule has 1 aromatic carbocycles. The molecule has 2 aromatic heterocycles. The predicted molar refractivity (Wildman–Crippen MR) is 103 cm³/mol. The van der Waals surface area contributed by atoms with Crippen LogP contribution in [0.25, 0.3) is 5.65 Å². The smallest absolute Gasteiger partial charge is 0.256 e. The maximum Gasteiger partial charge on any atom is 0.256 e. The van der Waals surface area contributed by atoms with Crippen LogP contribution in [-0.4, -0.2) is 31.7 Å². The van der Waals surface area contributed by atoms with Crippen molar-refractivity contribution in [2.45, 2.75) is 44.7 Å². The van der Waals surface area contributed by atoms with Gasteiger partial charge in [0.15, 0.2) is 5.65 Å². The Labute approximate surface area is 157 Å². The van der Waals surface area contributed by atoms with Crippen molar-refractivity contribution in [3.63, 3.8) is 0 Å². The summed E-state index contributed by atoms with van der Waals surface area (Å²) in [5.41, 5.74) is 1.96. The number of fused-ring (bicyclic) bond motifs is 1. The third-order valence-electron chi connectivity index (χ3n) is 4.94. The third-order valence-corrected chi connectivity index (χ3v) is 4.94. The van der Waals surface area contributed by atoms with Crippen molar-refractivity contribution in [2.24, 2.45) is 0 Å². The summed E-state index contributed by atoms with van der Waals surface area (Å²) in [6.07, 6.45) is 9.01. The first kappa shape index (κ1) is 17.3. The molecule has 4 rings (SSSR count). The van der Waals surface area contributed by atoms with Gasteiger partial charge in [-0.05, 0) is 36.6 Å². The van der Waals surface area contributed by atoms with E-state index >= 15 is 0 Å². The van der Waals surface area contributed by atoms with E-state index < -0.39 is 0 Å². The lowest BCUT2D eigenvalue weighted by atomic mass is 9.95. The number of benzene rings is 1. The van der Waals surface area contributed by atoms with Crippen LogP contribution in [0, 0.1) is 0 Å². The number of carbonyl (C=O) groups excluding carboxylic acids is 1. The number of nitrogens with one attached hydrogen (secondary N) is 2. The molecule has 0 aliphatic heterocycles. The first-order valence-electron chi connectivity index (χ1n) is 9.36. The monoisotopic (exact) mass is 365 g/mol. The van der Waals surface area contributed by atoms with Gasteiger partial charge in [0.25, 0.3) is 5.91 Å². The first-order valence-corrected chi connectivity index (χ1v) is 9.36. The number of aromatic nitrogens is 3. The van der Waals surface area contributed by atoms with E-state index in [4.69, 9.17) is 0 Å². The molecule has 1 saturated carbocycles. The fraction of sp³-hybridized carbons (Fsp3) is 0.350. The molecule has 2 heterocycles. The minimum atomic E-state index is -0.116. The first-order chi connectivity index (χ1) is 13.2. The summed E-state index contributed by atoms with van der Waals surface area (Å²) < 4.78 is 1.61.